The molecule has 0 fully saturated rings. The molecule has 3 nitrogen and oxygen atoms in total. The third-order valence-electron chi connectivity index (χ3n) is 2.70. The number of aryl methyl sites for hydroxylation is 1. The van der Waals surface area contributed by atoms with Crippen LogP contribution < -0.4 is 5.73 Å². The van der Waals surface area contributed by atoms with Gasteiger partial charge in [0.15, 0.2) is 0 Å². The fraction of sp³-hybridized carbons (Fsp3) is 0.333. The van der Waals surface area contributed by atoms with E-state index < -0.39 is 9.84 Å². The second-order valence-corrected chi connectivity index (χ2v) is 6.08. The van der Waals surface area contributed by atoms with Crippen molar-refractivity contribution in [2.24, 2.45) is 5.73 Å². The summed E-state index contributed by atoms with van der Waals surface area (Å²) in [4.78, 5) is 0.420. The van der Waals surface area contributed by atoms with Crippen molar-refractivity contribution in [2.45, 2.75) is 31.2 Å². The van der Waals surface area contributed by atoms with Gasteiger partial charge in [0.2, 0.25) is 9.84 Å². The van der Waals surface area contributed by atoms with Gasteiger partial charge in [-0.05, 0) is 37.5 Å². The van der Waals surface area contributed by atoms with E-state index in [1.807, 2.05) is 19.9 Å². The lowest BCUT2D eigenvalue weighted by atomic mass is 9.97. The van der Waals surface area contributed by atoms with E-state index in [0.29, 0.717) is 11.3 Å². The summed E-state index contributed by atoms with van der Waals surface area (Å²) in [5.41, 5.74) is 8.41. The van der Waals surface area contributed by atoms with E-state index >= 15 is 0 Å². The van der Waals surface area contributed by atoms with Crippen LogP contribution >= 0.6 is 0 Å². The van der Waals surface area contributed by atoms with Crippen LogP contribution in [0.15, 0.2) is 28.5 Å². The van der Waals surface area contributed by atoms with Gasteiger partial charge in [-0.25, -0.2) is 8.42 Å². The third kappa shape index (κ3) is 1.79. The summed E-state index contributed by atoms with van der Waals surface area (Å²) in [6, 6.07) is 5.32. The maximum Gasteiger partial charge on any atom is 0.200 e. The topological polar surface area (TPSA) is 60.2 Å². The first-order chi connectivity index (χ1) is 7.42. The predicted octanol–water partition coefficient (Wildman–Crippen LogP) is 1.86. The fourth-order valence-electron chi connectivity index (χ4n) is 2.10. The van der Waals surface area contributed by atoms with Crippen molar-refractivity contribution < 1.29 is 8.42 Å². The zero-order valence-electron chi connectivity index (χ0n) is 9.40. The maximum atomic E-state index is 11.9. The van der Waals surface area contributed by atoms with E-state index in [0.717, 1.165) is 16.7 Å². The van der Waals surface area contributed by atoms with Crippen LogP contribution in [0.2, 0.25) is 0 Å². The third-order valence-corrected chi connectivity index (χ3v) is 4.25. The second kappa shape index (κ2) is 3.71. The van der Waals surface area contributed by atoms with Crippen molar-refractivity contribution in [2.75, 3.05) is 0 Å². The average molecular weight is 237 g/mol. The highest BCUT2D eigenvalue weighted by atomic mass is 32.2. The van der Waals surface area contributed by atoms with Crippen LogP contribution in [0.25, 0.3) is 5.57 Å². The summed E-state index contributed by atoms with van der Waals surface area (Å²) in [6.07, 6.45) is 0.594. The Morgan fingerprint density at radius 2 is 2.06 bits per heavy atom. The van der Waals surface area contributed by atoms with E-state index in [4.69, 9.17) is 5.73 Å². The molecule has 0 spiro atoms. The largest absolute Gasteiger partial charge is 0.328 e. The number of benzene rings is 1. The molecule has 0 saturated carbocycles. The summed E-state index contributed by atoms with van der Waals surface area (Å²) < 4.78 is 23.8. The SMILES string of the molecule is Cc1cccc2c1C(CC(C)N)=CS2(=O)=O. The number of nitrogens with two attached hydrogens (primary N) is 1. The van der Waals surface area contributed by atoms with Gasteiger partial charge in [-0.2, -0.15) is 0 Å². The molecule has 4 heteroatoms. The van der Waals surface area contributed by atoms with Crippen LogP contribution in [-0.4, -0.2) is 14.5 Å². The second-order valence-electron chi connectivity index (χ2n) is 4.32. The Morgan fingerprint density at radius 1 is 1.38 bits per heavy atom. The number of fused-ring (bicyclic) bond motifs is 1. The van der Waals surface area contributed by atoms with Crippen LogP contribution in [0, 0.1) is 6.92 Å². The zero-order chi connectivity index (χ0) is 11.9. The summed E-state index contributed by atoms with van der Waals surface area (Å²) in [6.45, 7) is 3.80. The van der Waals surface area contributed by atoms with Gasteiger partial charge < -0.3 is 5.73 Å². The van der Waals surface area contributed by atoms with E-state index in [1.54, 1.807) is 12.1 Å². The predicted molar refractivity (Wildman–Crippen MR) is 64.6 cm³/mol. The molecule has 16 heavy (non-hydrogen) atoms. The van der Waals surface area contributed by atoms with Crippen molar-refractivity contribution in [1.82, 2.24) is 0 Å². The van der Waals surface area contributed by atoms with Crippen LogP contribution in [-0.2, 0) is 9.84 Å². The Bertz CT molecular complexity index is 556. The lowest BCUT2D eigenvalue weighted by molar-refractivity contribution is 0.605. The Balaban J connectivity index is 2.62. The van der Waals surface area contributed by atoms with E-state index in [-0.39, 0.29) is 6.04 Å². The van der Waals surface area contributed by atoms with Gasteiger partial charge >= 0.3 is 0 Å². The molecule has 1 aliphatic rings. The summed E-state index contributed by atoms with van der Waals surface area (Å²) in [5.74, 6) is 0. The highest BCUT2D eigenvalue weighted by Gasteiger charge is 2.28. The van der Waals surface area contributed by atoms with Gasteiger partial charge in [-0.3, -0.25) is 0 Å². The molecule has 1 unspecified atom stereocenters. The van der Waals surface area contributed by atoms with E-state index in [2.05, 4.69) is 0 Å². The van der Waals surface area contributed by atoms with Crippen molar-refractivity contribution in [3.8, 4) is 0 Å². The van der Waals surface area contributed by atoms with Crippen molar-refractivity contribution >= 4 is 15.4 Å². The first-order valence-corrected chi connectivity index (χ1v) is 6.77. The van der Waals surface area contributed by atoms with Crippen LogP contribution in [0.1, 0.15) is 24.5 Å². The van der Waals surface area contributed by atoms with Gasteiger partial charge in [-0.15, -0.1) is 0 Å². The molecule has 86 valence electrons. The molecule has 1 aliphatic heterocycles. The quantitative estimate of drug-likeness (QED) is 0.854. The Labute approximate surface area is 95.9 Å². The lowest BCUT2D eigenvalue weighted by Crippen LogP contribution is -2.14. The molecule has 0 amide bonds. The van der Waals surface area contributed by atoms with Crippen molar-refractivity contribution in [3.63, 3.8) is 0 Å². The minimum Gasteiger partial charge on any atom is -0.328 e. The minimum absolute atomic E-state index is 0.0352. The van der Waals surface area contributed by atoms with Crippen LogP contribution in [0.4, 0.5) is 0 Å². The van der Waals surface area contributed by atoms with Gasteiger partial charge in [0.25, 0.3) is 0 Å². The van der Waals surface area contributed by atoms with Gasteiger partial charge in [-0.1, -0.05) is 12.1 Å². The molecule has 0 radical (unpaired) electrons. The molecule has 2 rings (SSSR count). The van der Waals surface area contributed by atoms with Gasteiger partial charge in [0.1, 0.15) is 0 Å². The molecule has 0 bridgehead atoms. The summed E-state index contributed by atoms with van der Waals surface area (Å²) in [5, 5.41) is 1.36. The molecule has 1 aromatic carbocycles. The number of hydrogen-bond donors (Lipinski definition) is 1. The number of sulfone groups is 1. The maximum absolute atomic E-state index is 11.9. The molecular formula is C12H15NO2S. The summed E-state index contributed by atoms with van der Waals surface area (Å²) >= 11 is 0. The highest BCUT2D eigenvalue weighted by molar-refractivity contribution is 7.95. The average Bonchev–Trinajstić information content (AvgIpc) is 2.38. The Kier molecular flexibility index (Phi) is 2.64. The molecule has 1 aromatic rings. The first kappa shape index (κ1) is 11.4. The Hall–Kier alpha value is -1.13. The smallest absolute Gasteiger partial charge is 0.200 e. The summed E-state index contributed by atoms with van der Waals surface area (Å²) in [7, 11) is -3.24. The standard InChI is InChI=1S/C12H15NO2S/c1-8-4-3-5-11-12(8)10(6-9(2)13)7-16(11,14)15/h3-5,7,9H,6,13H2,1-2H3. The van der Waals surface area contributed by atoms with E-state index in [9.17, 15) is 8.42 Å². The van der Waals surface area contributed by atoms with E-state index in [1.165, 1.54) is 5.41 Å². The highest BCUT2D eigenvalue weighted by Crippen LogP contribution is 2.37. The van der Waals surface area contributed by atoms with Gasteiger partial charge in [0, 0.05) is 17.0 Å². The fourth-order valence-corrected chi connectivity index (χ4v) is 3.66. The lowest BCUT2D eigenvalue weighted by Gasteiger charge is -2.09. The zero-order valence-corrected chi connectivity index (χ0v) is 10.2. The molecule has 2 N–H and O–H groups in total. The molecule has 1 atom stereocenters. The van der Waals surface area contributed by atoms with Gasteiger partial charge in [0.05, 0.1) is 4.90 Å². The van der Waals surface area contributed by atoms with Crippen LogP contribution in [0.5, 0.6) is 0 Å². The number of rotatable bonds is 2. The Morgan fingerprint density at radius 3 is 2.69 bits per heavy atom. The van der Waals surface area contributed by atoms with Crippen molar-refractivity contribution in [3.05, 3.63) is 34.7 Å². The van der Waals surface area contributed by atoms with Crippen LogP contribution in [0.3, 0.4) is 0 Å². The molecule has 0 saturated heterocycles. The molecular weight excluding hydrogens is 222 g/mol. The first-order valence-electron chi connectivity index (χ1n) is 5.23. The monoisotopic (exact) mass is 237 g/mol. The van der Waals surface area contributed by atoms with Crippen molar-refractivity contribution in [1.29, 1.82) is 0 Å². The number of hydrogen-bond acceptors (Lipinski definition) is 3. The molecule has 1 heterocycles. The normalized spacial score (nSPS) is 19.1. The molecule has 0 aromatic heterocycles. The minimum atomic E-state index is -3.24. The molecule has 0 aliphatic carbocycles.